The van der Waals surface area contributed by atoms with Crippen molar-refractivity contribution >= 4 is 44.8 Å². The maximum absolute atomic E-state index is 12.0. The molecule has 2 aromatic rings. The van der Waals surface area contributed by atoms with E-state index >= 15 is 0 Å². The number of nitrogens with one attached hydrogen (secondary N) is 1. The molecular weight excluding hydrogens is 316 g/mol. The molecule has 0 bridgehead atoms. The molecule has 1 amide bonds. The number of carbonyl (C=O) groups excluding carboxylic acids is 1. The van der Waals surface area contributed by atoms with Crippen LogP contribution in [0.5, 0.6) is 0 Å². The summed E-state index contributed by atoms with van der Waals surface area (Å²) >= 11 is 9.31. The predicted molar refractivity (Wildman–Crippen MR) is 78.0 cm³/mol. The SMILES string of the molecule is Nc1ccc(NC(=O)c2cccc(Br)c2)c(Cl)c1. The molecule has 0 aromatic heterocycles. The van der Waals surface area contributed by atoms with Crippen LogP contribution >= 0.6 is 27.5 Å². The highest BCUT2D eigenvalue weighted by atomic mass is 79.9. The Balaban J connectivity index is 2.21. The van der Waals surface area contributed by atoms with Crippen molar-refractivity contribution in [3.05, 3.63) is 57.5 Å². The quantitative estimate of drug-likeness (QED) is 0.822. The summed E-state index contributed by atoms with van der Waals surface area (Å²) in [4.78, 5) is 12.0. The second kappa shape index (κ2) is 5.42. The minimum Gasteiger partial charge on any atom is -0.399 e. The maximum Gasteiger partial charge on any atom is 0.255 e. The van der Waals surface area contributed by atoms with Gasteiger partial charge in [0.1, 0.15) is 0 Å². The average Bonchev–Trinajstić information content (AvgIpc) is 2.32. The fourth-order valence-electron chi connectivity index (χ4n) is 1.46. The van der Waals surface area contributed by atoms with Crippen molar-refractivity contribution in [1.29, 1.82) is 0 Å². The van der Waals surface area contributed by atoms with Crippen LogP contribution in [0.4, 0.5) is 11.4 Å². The van der Waals surface area contributed by atoms with Crippen molar-refractivity contribution in [2.24, 2.45) is 0 Å². The highest BCUT2D eigenvalue weighted by Gasteiger charge is 2.08. The molecule has 3 nitrogen and oxygen atoms in total. The third-order valence-corrected chi connectivity index (χ3v) is 3.13. The fraction of sp³-hybridized carbons (Fsp3) is 0. The number of rotatable bonds is 2. The van der Waals surface area contributed by atoms with Crippen LogP contribution in [0.2, 0.25) is 5.02 Å². The Morgan fingerprint density at radius 1 is 1.22 bits per heavy atom. The number of anilines is 2. The molecule has 2 rings (SSSR count). The molecule has 0 unspecified atom stereocenters. The smallest absolute Gasteiger partial charge is 0.255 e. The molecule has 0 spiro atoms. The van der Waals surface area contributed by atoms with Gasteiger partial charge in [-0.15, -0.1) is 0 Å². The van der Waals surface area contributed by atoms with Gasteiger partial charge >= 0.3 is 0 Å². The standard InChI is InChI=1S/C13H10BrClN2O/c14-9-3-1-2-8(6-9)13(18)17-12-5-4-10(16)7-11(12)15/h1-7H,16H2,(H,17,18). The van der Waals surface area contributed by atoms with Crippen molar-refractivity contribution in [3.8, 4) is 0 Å². The zero-order valence-corrected chi connectivity index (χ0v) is 11.6. The molecule has 92 valence electrons. The lowest BCUT2D eigenvalue weighted by molar-refractivity contribution is 0.102. The Morgan fingerprint density at radius 2 is 2.00 bits per heavy atom. The number of hydrogen-bond acceptors (Lipinski definition) is 2. The van der Waals surface area contributed by atoms with Gasteiger partial charge in [-0.25, -0.2) is 0 Å². The minimum absolute atomic E-state index is 0.219. The van der Waals surface area contributed by atoms with Gasteiger partial charge in [-0.2, -0.15) is 0 Å². The lowest BCUT2D eigenvalue weighted by atomic mass is 10.2. The maximum atomic E-state index is 12.0. The normalized spacial score (nSPS) is 10.1. The fourth-order valence-corrected chi connectivity index (χ4v) is 2.09. The molecule has 0 aliphatic carbocycles. The monoisotopic (exact) mass is 324 g/mol. The number of nitrogen functional groups attached to an aromatic ring is 1. The Hall–Kier alpha value is -1.52. The first-order valence-corrected chi connectivity index (χ1v) is 6.35. The van der Waals surface area contributed by atoms with Crippen molar-refractivity contribution in [2.45, 2.75) is 0 Å². The minimum atomic E-state index is -0.219. The third kappa shape index (κ3) is 3.03. The molecule has 0 aliphatic rings. The van der Waals surface area contributed by atoms with Crippen molar-refractivity contribution in [3.63, 3.8) is 0 Å². The van der Waals surface area contributed by atoms with Crippen LogP contribution in [-0.4, -0.2) is 5.91 Å². The summed E-state index contributed by atoms with van der Waals surface area (Å²) < 4.78 is 0.846. The summed E-state index contributed by atoms with van der Waals surface area (Å²) in [5, 5.41) is 3.15. The molecule has 0 atom stereocenters. The highest BCUT2D eigenvalue weighted by Crippen LogP contribution is 2.24. The molecule has 0 radical (unpaired) electrons. The van der Waals surface area contributed by atoms with Gasteiger partial charge in [0.25, 0.3) is 5.91 Å². The number of benzene rings is 2. The van der Waals surface area contributed by atoms with Crippen LogP contribution in [-0.2, 0) is 0 Å². The van der Waals surface area contributed by atoms with E-state index in [-0.39, 0.29) is 5.91 Å². The summed E-state index contributed by atoms with van der Waals surface area (Å²) in [5.74, 6) is -0.219. The summed E-state index contributed by atoms with van der Waals surface area (Å²) in [6.07, 6.45) is 0. The zero-order valence-electron chi connectivity index (χ0n) is 9.28. The topological polar surface area (TPSA) is 55.1 Å². The van der Waals surface area contributed by atoms with Gasteiger partial charge in [0.15, 0.2) is 0 Å². The molecule has 0 fully saturated rings. The summed E-state index contributed by atoms with van der Waals surface area (Å²) in [5.41, 5.74) is 7.23. The number of amides is 1. The first-order chi connectivity index (χ1) is 8.56. The summed E-state index contributed by atoms with van der Waals surface area (Å²) in [6, 6.07) is 12.1. The van der Waals surface area contributed by atoms with E-state index in [4.69, 9.17) is 17.3 Å². The molecule has 0 aliphatic heterocycles. The molecular formula is C13H10BrClN2O. The summed E-state index contributed by atoms with van der Waals surface area (Å²) in [6.45, 7) is 0. The summed E-state index contributed by atoms with van der Waals surface area (Å²) in [7, 11) is 0. The van der Waals surface area contributed by atoms with Gasteiger partial charge in [0.2, 0.25) is 0 Å². The second-order valence-electron chi connectivity index (χ2n) is 3.70. The predicted octanol–water partition coefficient (Wildman–Crippen LogP) is 3.94. The van der Waals surface area contributed by atoms with Gasteiger partial charge in [-0.1, -0.05) is 33.6 Å². The van der Waals surface area contributed by atoms with Gasteiger partial charge in [0, 0.05) is 15.7 Å². The Kier molecular flexibility index (Phi) is 3.89. The van der Waals surface area contributed by atoms with Crippen LogP contribution in [0, 0.1) is 0 Å². The molecule has 2 aromatic carbocycles. The largest absolute Gasteiger partial charge is 0.399 e. The van der Waals surface area contributed by atoms with E-state index in [1.54, 1.807) is 36.4 Å². The van der Waals surface area contributed by atoms with Gasteiger partial charge < -0.3 is 11.1 Å². The number of carbonyl (C=O) groups is 1. The van der Waals surface area contributed by atoms with E-state index in [1.165, 1.54) is 0 Å². The number of hydrogen-bond donors (Lipinski definition) is 2. The van der Waals surface area contributed by atoms with Crippen molar-refractivity contribution in [2.75, 3.05) is 11.1 Å². The number of nitrogens with two attached hydrogens (primary N) is 1. The molecule has 3 N–H and O–H groups in total. The first kappa shape index (κ1) is 12.9. The van der Waals surface area contributed by atoms with E-state index in [2.05, 4.69) is 21.2 Å². The van der Waals surface area contributed by atoms with Crippen LogP contribution in [0.25, 0.3) is 0 Å². The van der Waals surface area contributed by atoms with E-state index in [9.17, 15) is 4.79 Å². The molecule has 18 heavy (non-hydrogen) atoms. The molecule has 5 heteroatoms. The van der Waals surface area contributed by atoms with Gasteiger partial charge in [-0.3, -0.25) is 4.79 Å². The third-order valence-electron chi connectivity index (χ3n) is 2.33. The molecule has 0 saturated carbocycles. The van der Waals surface area contributed by atoms with Gasteiger partial charge in [-0.05, 0) is 36.4 Å². The van der Waals surface area contributed by atoms with Gasteiger partial charge in [0.05, 0.1) is 10.7 Å². The second-order valence-corrected chi connectivity index (χ2v) is 5.03. The number of halogens is 2. The van der Waals surface area contributed by atoms with Crippen LogP contribution in [0.1, 0.15) is 10.4 Å². The zero-order chi connectivity index (χ0) is 13.1. The highest BCUT2D eigenvalue weighted by molar-refractivity contribution is 9.10. The van der Waals surface area contributed by atoms with Crippen LogP contribution < -0.4 is 11.1 Å². The Morgan fingerprint density at radius 3 is 2.67 bits per heavy atom. The lowest BCUT2D eigenvalue weighted by Crippen LogP contribution is -2.12. The Bertz CT molecular complexity index is 601. The van der Waals surface area contributed by atoms with E-state index in [1.807, 2.05) is 6.07 Å². The van der Waals surface area contributed by atoms with Crippen LogP contribution in [0.3, 0.4) is 0 Å². The molecule has 0 heterocycles. The molecule has 0 saturated heterocycles. The van der Waals surface area contributed by atoms with E-state index in [0.717, 1.165) is 4.47 Å². The first-order valence-electron chi connectivity index (χ1n) is 5.18. The van der Waals surface area contributed by atoms with Crippen molar-refractivity contribution in [1.82, 2.24) is 0 Å². The lowest BCUT2D eigenvalue weighted by Gasteiger charge is -2.08. The van der Waals surface area contributed by atoms with Crippen molar-refractivity contribution < 1.29 is 4.79 Å². The van der Waals surface area contributed by atoms with E-state index < -0.39 is 0 Å². The van der Waals surface area contributed by atoms with Crippen LogP contribution in [0.15, 0.2) is 46.9 Å². The average molecular weight is 326 g/mol. The Labute approximate surface area is 118 Å². The van der Waals surface area contributed by atoms with E-state index in [0.29, 0.717) is 22.0 Å².